The number of carboxylic acids is 3. The van der Waals surface area contributed by atoms with Gasteiger partial charge in [-0.1, -0.05) is 6.92 Å². The molecule has 6 heterocycles. The van der Waals surface area contributed by atoms with Crippen LogP contribution in [0, 0.1) is 47.3 Å². The molecule has 28 nitrogen and oxygen atoms in total. The number of carboxylic acid groups (broad SMARTS) is 3. The number of aryl methyl sites for hydroxylation is 2. The predicted octanol–water partition coefficient (Wildman–Crippen LogP) is 5.25. The Bertz CT molecular complexity index is 3940. The van der Waals surface area contributed by atoms with Crippen LogP contribution in [0.5, 0.6) is 0 Å². The molecule has 478 valence electrons. The number of methoxy groups -OCH3 is 2. The molecule has 3 N–H and O–H groups in total. The molecule has 2 saturated carbocycles. The van der Waals surface area contributed by atoms with Gasteiger partial charge in [0.25, 0.3) is 0 Å². The molecular weight excluding hydrogens is 1220 g/mol. The van der Waals surface area contributed by atoms with Gasteiger partial charge in [-0.05, 0) is 166 Å². The van der Waals surface area contributed by atoms with Gasteiger partial charge >= 0.3 is 101 Å². The van der Waals surface area contributed by atoms with Crippen LogP contribution in [0.1, 0.15) is 184 Å². The molecule has 4 aliphatic carbocycles. The highest BCUT2D eigenvalue weighted by Gasteiger charge is 2.50. The summed E-state index contributed by atoms with van der Waals surface area (Å²) in [6.07, 6.45) is 7.36. The number of carbonyl (C=O) groups excluding carboxylic acids is 14. The van der Waals surface area contributed by atoms with E-state index in [1.807, 2.05) is 12.1 Å². The molecule has 10 aliphatic rings. The highest BCUT2D eigenvalue weighted by molar-refractivity contribution is 6.17. The van der Waals surface area contributed by atoms with Crippen LogP contribution in [0.4, 0.5) is 0 Å². The Morgan fingerprint density at radius 1 is 0.380 bits per heavy atom. The second kappa shape index (κ2) is 27.0. The summed E-state index contributed by atoms with van der Waals surface area (Å²) in [6, 6.07) is 14.7. The number of carbonyl (C=O) groups is 17. The van der Waals surface area contributed by atoms with Crippen molar-refractivity contribution in [1.29, 1.82) is 0 Å². The second-order valence-electron chi connectivity index (χ2n) is 22.8. The fourth-order valence-electron chi connectivity index (χ4n) is 12.2. The van der Waals surface area contributed by atoms with Gasteiger partial charge in [0.15, 0.2) is 0 Å². The topological polar surface area (TPSA) is 425 Å². The van der Waals surface area contributed by atoms with Gasteiger partial charge in [0.05, 0.1) is 111 Å². The Morgan fingerprint density at radius 3 is 1.18 bits per heavy atom. The van der Waals surface area contributed by atoms with Crippen molar-refractivity contribution in [2.24, 2.45) is 47.3 Å². The van der Waals surface area contributed by atoms with Gasteiger partial charge in [0.1, 0.15) is 0 Å². The van der Waals surface area contributed by atoms with Crippen LogP contribution < -0.4 is 0 Å². The number of fused-ring (bicyclic) bond motifs is 8. The number of cyclic esters (lactones) is 12. The lowest BCUT2D eigenvalue weighted by Gasteiger charge is -2.25. The van der Waals surface area contributed by atoms with E-state index >= 15 is 0 Å². The first-order valence-electron chi connectivity index (χ1n) is 28.7. The number of aromatic carboxylic acids is 1. The van der Waals surface area contributed by atoms with Gasteiger partial charge in [-0.25, -0.2) is 47.9 Å². The molecular formula is C64H54O28. The van der Waals surface area contributed by atoms with E-state index in [9.17, 15) is 81.5 Å². The summed E-state index contributed by atoms with van der Waals surface area (Å²) < 4.78 is 35.9. The summed E-state index contributed by atoms with van der Waals surface area (Å²) in [4.78, 5) is 189. The summed E-state index contributed by atoms with van der Waals surface area (Å²) in [7, 11) is 2.56. The van der Waals surface area contributed by atoms with E-state index in [1.54, 1.807) is 12.1 Å². The molecule has 6 aliphatic heterocycles. The van der Waals surface area contributed by atoms with Crippen LogP contribution in [0.3, 0.4) is 0 Å². The van der Waals surface area contributed by atoms with Crippen molar-refractivity contribution in [2.45, 2.75) is 84.0 Å². The van der Waals surface area contributed by atoms with Crippen molar-refractivity contribution in [3.8, 4) is 0 Å². The first-order valence-corrected chi connectivity index (χ1v) is 28.7. The lowest BCUT2D eigenvalue weighted by molar-refractivity contribution is -0.155. The van der Waals surface area contributed by atoms with Crippen molar-refractivity contribution >= 4 is 101 Å². The normalized spacial score (nSPS) is 23.6. The largest absolute Gasteiger partial charge is 0.481 e. The predicted molar refractivity (Wildman–Crippen MR) is 298 cm³/mol. The summed E-state index contributed by atoms with van der Waals surface area (Å²) in [6.45, 7) is 2.21. The summed E-state index contributed by atoms with van der Waals surface area (Å²) in [5.41, 5.74) is 6.17. The van der Waals surface area contributed by atoms with E-state index in [2.05, 4.69) is 44.8 Å². The molecule has 0 spiro atoms. The number of rotatable bonds is 5. The molecule has 0 bridgehead atoms. The molecule has 14 rings (SSSR count). The van der Waals surface area contributed by atoms with Crippen molar-refractivity contribution in [2.75, 3.05) is 14.2 Å². The van der Waals surface area contributed by atoms with Gasteiger partial charge in [-0.3, -0.25) is 33.6 Å². The van der Waals surface area contributed by atoms with E-state index in [-0.39, 0.29) is 63.2 Å². The van der Waals surface area contributed by atoms with E-state index in [0.29, 0.717) is 74.0 Å². The Balaban J connectivity index is 0.000000131. The maximum Gasteiger partial charge on any atom is 0.346 e. The quantitative estimate of drug-likeness (QED) is 0.130. The van der Waals surface area contributed by atoms with Crippen molar-refractivity contribution in [3.63, 3.8) is 0 Å². The molecule has 4 fully saturated rings. The average Bonchev–Trinajstić information content (AvgIpc) is 1.55. The minimum atomic E-state index is -1.15. The highest BCUT2D eigenvalue weighted by Crippen LogP contribution is 2.41. The standard InChI is InChI=1S/C13H10O5.C13H12O3.C10H12O5.C10H6O5.C9H10O5.C9H4O5/c14-11(15)7-2-1-6-4-9-10(5-8(6)3-7)13(17)18-12(9)16;1-7-2-3-8-5-10-11(6-9(8)4-7)13(15)16-12(10)14;2*1-14-8(11)5-2-3-6-7(4-5)10(13)15-9(6)12;2*10-7(11)4-1-2-5-6(3-4)9(13)14-8(5)12/h4-5,7H,1-3H2,(H,14,15);5-7H,2-4H2,1H3;5-7H,2-4H2,1H3;2-4H,1H3;4-6H,1-3H2,(H,10,11);1-3H,(H,10,11). The van der Waals surface area contributed by atoms with E-state index in [1.165, 1.54) is 55.7 Å². The Hall–Kier alpha value is -10.9. The summed E-state index contributed by atoms with van der Waals surface area (Å²) in [5.74, 6) is -13.1. The Labute approximate surface area is 518 Å². The first-order chi connectivity index (χ1) is 43.7. The van der Waals surface area contributed by atoms with Crippen molar-refractivity contribution in [3.05, 3.63) is 139 Å². The lowest BCUT2D eigenvalue weighted by atomic mass is 9.75. The zero-order valence-electron chi connectivity index (χ0n) is 48.9. The fraction of sp³-hybridized carbons (Fsp3) is 0.359. The van der Waals surface area contributed by atoms with Crippen LogP contribution in [0.15, 0.2) is 60.7 Å². The van der Waals surface area contributed by atoms with Gasteiger partial charge in [0, 0.05) is 0 Å². The number of aliphatic carboxylic acids is 2. The van der Waals surface area contributed by atoms with Gasteiger partial charge in [-0.15, -0.1) is 0 Å². The molecule has 0 radical (unpaired) electrons. The Morgan fingerprint density at radius 2 is 0.750 bits per heavy atom. The molecule has 4 aromatic rings. The second-order valence-corrected chi connectivity index (χ2v) is 22.8. The van der Waals surface area contributed by atoms with Crippen LogP contribution in [-0.4, -0.2) is 131 Å². The minimum Gasteiger partial charge on any atom is -0.481 e. The van der Waals surface area contributed by atoms with Crippen LogP contribution >= 0.6 is 0 Å². The molecule has 0 aromatic heterocycles. The minimum absolute atomic E-state index is 0.00917. The molecule has 8 unspecified atom stereocenters. The molecule has 28 heteroatoms. The van der Waals surface area contributed by atoms with Crippen molar-refractivity contribution in [1.82, 2.24) is 0 Å². The monoisotopic (exact) mass is 1270 g/mol. The Kier molecular flexibility index (Phi) is 19.3. The van der Waals surface area contributed by atoms with Gasteiger partial charge in [-0.2, -0.15) is 0 Å². The maximum atomic E-state index is 11.4. The zero-order chi connectivity index (χ0) is 66.7. The number of hydrogen-bond acceptors (Lipinski definition) is 25. The molecule has 8 atom stereocenters. The number of benzene rings is 4. The zero-order valence-corrected chi connectivity index (χ0v) is 48.9. The summed E-state index contributed by atoms with van der Waals surface area (Å²) in [5, 5.41) is 26.4. The molecule has 2 saturated heterocycles. The molecule has 0 amide bonds. The van der Waals surface area contributed by atoms with E-state index in [4.69, 9.17) is 15.3 Å². The van der Waals surface area contributed by atoms with Crippen LogP contribution in [0.2, 0.25) is 0 Å². The third kappa shape index (κ3) is 13.8. The number of esters is 14. The van der Waals surface area contributed by atoms with Gasteiger partial charge < -0.3 is 53.2 Å². The smallest absolute Gasteiger partial charge is 0.346 e. The van der Waals surface area contributed by atoms with Crippen molar-refractivity contribution < 1.29 is 135 Å². The first kappa shape index (κ1) is 65.5. The molecule has 92 heavy (non-hydrogen) atoms. The fourth-order valence-corrected chi connectivity index (χ4v) is 12.2. The lowest BCUT2D eigenvalue weighted by Crippen LogP contribution is -2.31. The summed E-state index contributed by atoms with van der Waals surface area (Å²) >= 11 is 0. The number of hydrogen-bond donors (Lipinski definition) is 3. The van der Waals surface area contributed by atoms with E-state index < -0.39 is 125 Å². The SMILES string of the molecule is CC1CCc2cc3c(cc2C1)C(=O)OC3=O.COC(=O)C1CCC2C(=O)OC(=O)C2C1.COC(=O)c1ccc2c(c1)C(=O)OC2=O.O=C(O)C1CCC2C(=O)OC(=O)C2C1.O=C(O)c1ccc2c(c1)C(=O)OC2=O.O=C1OC(=O)c2cc3c(cc21)CCC(C(=O)O)C3. The molecule has 4 aromatic carbocycles. The van der Waals surface area contributed by atoms with Crippen LogP contribution in [0.25, 0.3) is 0 Å². The van der Waals surface area contributed by atoms with Crippen LogP contribution in [-0.2, 0) is 97.1 Å². The highest BCUT2D eigenvalue weighted by atomic mass is 16.6. The van der Waals surface area contributed by atoms with Gasteiger partial charge in [0.2, 0.25) is 0 Å². The maximum absolute atomic E-state index is 11.4. The number of ether oxygens (including phenoxy) is 8. The van der Waals surface area contributed by atoms with E-state index in [0.717, 1.165) is 36.5 Å². The third-order valence-corrected chi connectivity index (χ3v) is 17.1. The average molecular weight is 1270 g/mol. The third-order valence-electron chi connectivity index (χ3n) is 17.1.